The first-order valence-corrected chi connectivity index (χ1v) is 3.40. The van der Waals surface area contributed by atoms with E-state index >= 15 is 0 Å². The molecule has 0 fully saturated rings. The zero-order chi connectivity index (χ0) is 8.15. The summed E-state index contributed by atoms with van der Waals surface area (Å²) in [5, 5.41) is 0. The van der Waals surface area contributed by atoms with E-state index in [1.54, 1.807) is 0 Å². The number of allylic oxidation sites excluding steroid dienone is 4. The Morgan fingerprint density at radius 2 is 1.70 bits per heavy atom. The highest BCUT2D eigenvalue weighted by atomic mass is 14.9. The summed E-state index contributed by atoms with van der Waals surface area (Å²) >= 11 is 0. The van der Waals surface area contributed by atoms with Crippen LogP contribution in [0.25, 0.3) is 0 Å². The molecule has 0 aliphatic heterocycles. The average molecular weight is 138 g/mol. The summed E-state index contributed by atoms with van der Waals surface area (Å²) in [4.78, 5) is 0. The van der Waals surface area contributed by atoms with Crippen molar-refractivity contribution in [1.29, 1.82) is 0 Å². The minimum Gasteiger partial charge on any atom is -0.212 e. The zero-order valence-electron chi connectivity index (χ0n) is 7.31. The van der Waals surface area contributed by atoms with Crippen molar-refractivity contribution in [2.75, 3.05) is 7.05 Å². The monoisotopic (exact) mass is 138 g/mol. The molecule has 0 aromatic heterocycles. The largest absolute Gasteiger partial charge is 0.212 e. The molecule has 0 unspecified atom stereocenters. The van der Waals surface area contributed by atoms with Crippen LogP contribution in [0.4, 0.5) is 0 Å². The van der Waals surface area contributed by atoms with Gasteiger partial charge < -0.3 is 0 Å². The molecule has 56 valence electrons. The molecular formula is C9H16N+. The number of rotatable bonds is 2. The van der Waals surface area contributed by atoms with Gasteiger partial charge in [-0.15, -0.1) is 0 Å². The Hall–Kier alpha value is -0.850. The van der Waals surface area contributed by atoms with Gasteiger partial charge in [-0.25, -0.2) is 4.58 Å². The molecule has 0 bridgehead atoms. The lowest BCUT2D eigenvalue weighted by atomic mass is 10.3. The third-order valence-electron chi connectivity index (χ3n) is 1.26. The van der Waals surface area contributed by atoms with E-state index < -0.39 is 0 Å². The van der Waals surface area contributed by atoms with E-state index in [1.165, 1.54) is 11.3 Å². The first kappa shape index (κ1) is 9.15. The molecule has 0 heterocycles. The predicted octanol–water partition coefficient (Wildman–Crippen LogP) is 2.20. The Balaban J connectivity index is 4.19. The van der Waals surface area contributed by atoms with Crippen LogP contribution in [0, 0.1) is 0 Å². The molecule has 1 heteroatoms. The molecule has 0 amide bonds. The maximum Gasteiger partial charge on any atom is 0.177 e. The number of hydrogen-bond acceptors (Lipinski definition) is 0. The third kappa shape index (κ3) is 4.07. The van der Waals surface area contributed by atoms with Gasteiger partial charge in [-0.05, 0) is 13.8 Å². The van der Waals surface area contributed by atoms with Crippen LogP contribution in [0.15, 0.2) is 23.4 Å². The topological polar surface area (TPSA) is 3.01 Å². The maximum absolute atomic E-state index is 3.75. The summed E-state index contributed by atoms with van der Waals surface area (Å²) < 4.78 is 1.85. The average Bonchev–Trinajstić information content (AvgIpc) is 1.82. The van der Waals surface area contributed by atoms with Crippen LogP contribution in [-0.4, -0.2) is 18.3 Å². The summed E-state index contributed by atoms with van der Waals surface area (Å²) in [6.45, 7) is 9.94. The van der Waals surface area contributed by atoms with E-state index in [2.05, 4.69) is 32.7 Å². The smallest absolute Gasteiger partial charge is 0.177 e. The fourth-order valence-corrected chi connectivity index (χ4v) is 0.415. The molecule has 0 saturated heterocycles. The van der Waals surface area contributed by atoms with Crippen molar-refractivity contribution >= 4 is 6.72 Å². The number of nitrogens with zero attached hydrogens (tertiary/aromatic N) is 1. The lowest BCUT2D eigenvalue weighted by Crippen LogP contribution is -1.96. The Morgan fingerprint density at radius 3 is 2.00 bits per heavy atom. The van der Waals surface area contributed by atoms with Crippen LogP contribution in [0.1, 0.15) is 20.8 Å². The molecule has 0 spiro atoms. The highest BCUT2D eigenvalue weighted by molar-refractivity contribution is 5.18. The molecule has 0 aromatic carbocycles. The van der Waals surface area contributed by atoms with Gasteiger partial charge in [-0.2, -0.15) is 0 Å². The van der Waals surface area contributed by atoms with E-state index in [4.69, 9.17) is 0 Å². The fourth-order valence-electron chi connectivity index (χ4n) is 0.415. The summed E-state index contributed by atoms with van der Waals surface area (Å²) in [6, 6.07) is 0. The van der Waals surface area contributed by atoms with Crippen molar-refractivity contribution in [3.63, 3.8) is 0 Å². The van der Waals surface area contributed by atoms with Crippen LogP contribution in [-0.2, 0) is 0 Å². The van der Waals surface area contributed by atoms with Gasteiger partial charge in [0.2, 0.25) is 0 Å². The van der Waals surface area contributed by atoms with Gasteiger partial charge in [0.15, 0.2) is 5.70 Å². The minimum absolute atomic E-state index is 1.17. The molecule has 0 radical (unpaired) electrons. The van der Waals surface area contributed by atoms with E-state index in [0.717, 1.165) is 0 Å². The predicted molar refractivity (Wildman–Crippen MR) is 46.5 cm³/mol. The first-order chi connectivity index (χ1) is 4.54. The van der Waals surface area contributed by atoms with E-state index in [1.807, 2.05) is 18.5 Å². The second-order valence-electron chi connectivity index (χ2n) is 2.75. The van der Waals surface area contributed by atoms with E-state index in [9.17, 15) is 0 Å². The summed E-state index contributed by atoms with van der Waals surface area (Å²) in [5.74, 6) is 0. The van der Waals surface area contributed by atoms with Gasteiger partial charge in [-0.1, -0.05) is 11.6 Å². The van der Waals surface area contributed by atoms with Crippen LogP contribution in [0.3, 0.4) is 0 Å². The molecule has 0 atom stereocenters. The molecule has 0 N–H and O–H groups in total. The fraction of sp³-hybridized carbons (Fsp3) is 0.444. The Labute approximate surface area is 63.4 Å². The van der Waals surface area contributed by atoms with Crippen molar-refractivity contribution in [2.45, 2.75) is 20.8 Å². The third-order valence-corrected chi connectivity index (χ3v) is 1.26. The van der Waals surface area contributed by atoms with Gasteiger partial charge in [0.05, 0.1) is 0 Å². The molecule has 0 aromatic rings. The van der Waals surface area contributed by atoms with Crippen LogP contribution < -0.4 is 0 Å². The van der Waals surface area contributed by atoms with Gasteiger partial charge in [-0.3, -0.25) is 0 Å². The van der Waals surface area contributed by atoms with Gasteiger partial charge in [0.25, 0.3) is 0 Å². The SMILES string of the molecule is C=[N+](C)C(C)=CC=C(C)C. The van der Waals surface area contributed by atoms with Gasteiger partial charge in [0, 0.05) is 13.0 Å². The molecular weight excluding hydrogens is 122 g/mol. The highest BCUT2D eigenvalue weighted by Gasteiger charge is 1.91. The molecule has 0 saturated carbocycles. The first-order valence-electron chi connectivity index (χ1n) is 3.40. The normalized spacial score (nSPS) is 11.0. The zero-order valence-corrected chi connectivity index (χ0v) is 7.31. The highest BCUT2D eigenvalue weighted by Crippen LogP contribution is 1.95. The summed E-state index contributed by atoms with van der Waals surface area (Å²) in [5.41, 5.74) is 2.47. The van der Waals surface area contributed by atoms with Gasteiger partial charge in [0.1, 0.15) is 13.8 Å². The van der Waals surface area contributed by atoms with Crippen molar-refractivity contribution in [3.05, 3.63) is 23.4 Å². The molecule has 0 rings (SSSR count). The summed E-state index contributed by atoms with van der Waals surface area (Å²) in [7, 11) is 1.94. The van der Waals surface area contributed by atoms with Crippen molar-refractivity contribution in [1.82, 2.24) is 0 Å². The minimum atomic E-state index is 1.17. The van der Waals surface area contributed by atoms with Crippen molar-refractivity contribution in [3.8, 4) is 0 Å². The lowest BCUT2D eigenvalue weighted by Gasteiger charge is -1.89. The Kier molecular flexibility index (Phi) is 3.70. The number of hydrogen-bond donors (Lipinski definition) is 0. The second-order valence-corrected chi connectivity index (χ2v) is 2.75. The Morgan fingerprint density at radius 1 is 1.20 bits per heavy atom. The van der Waals surface area contributed by atoms with E-state index in [0.29, 0.717) is 0 Å². The quantitative estimate of drug-likeness (QED) is 0.312. The molecule has 10 heavy (non-hydrogen) atoms. The van der Waals surface area contributed by atoms with E-state index in [-0.39, 0.29) is 0 Å². The molecule has 0 aliphatic carbocycles. The standard InChI is InChI=1S/C9H16N/c1-8(2)6-7-9(3)10(4)5/h6-7H,4H2,1-3,5H3/q+1. The molecule has 1 nitrogen and oxygen atoms in total. The van der Waals surface area contributed by atoms with Crippen LogP contribution in [0.5, 0.6) is 0 Å². The second kappa shape index (κ2) is 4.04. The van der Waals surface area contributed by atoms with Crippen LogP contribution in [0.2, 0.25) is 0 Å². The van der Waals surface area contributed by atoms with Crippen LogP contribution >= 0.6 is 0 Å². The van der Waals surface area contributed by atoms with Gasteiger partial charge >= 0.3 is 0 Å². The lowest BCUT2D eigenvalue weighted by molar-refractivity contribution is -0.433. The molecule has 0 aliphatic rings. The van der Waals surface area contributed by atoms with Crippen molar-refractivity contribution in [2.24, 2.45) is 0 Å². The van der Waals surface area contributed by atoms with Crippen molar-refractivity contribution < 1.29 is 4.58 Å². The maximum atomic E-state index is 3.75. The summed E-state index contributed by atoms with van der Waals surface area (Å²) in [6.07, 6.45) is 4.14. The Bertz CT molecular complexity index is 181.